The van der Waals surface area contributed by atoms with Crippen molar-refractivity contribution in [1.29, 1.82) is 0 Å². The summed E-state index contributed by atoms with van der Waals surface area (Å²) in [7, 11) is 0. The van der Waals surface area contributed by atoms with Crippen LogP contribution in [0.3, 0.4) is 0 Å². The highest BCUT2D eigenvalue weighted by Gasteiger charge is 2.33. The maximum Gasteiger partial charge on any atom is 0.255 e. The minimum Gasteiger partial charge on any atom is -0.411 e. The van der Waals surface area contributed by atoms with Crippen molar-refractivity contribution in [3.05, 3.63) is 76.8 Å². The van der Waals surface area contributed by atoms with Crippen LogP contribution in [-0.4, -0.2) is 38.5 Å². The van der Waals surface area contributed by atoms with Crippen LogP contribution in [0.2, 0.25) is 0 Å². The molecular formula is C22H23N5O2. The van der Waals surface area contributed by atoms with Gasteiger partial charge in [-0.25, -0.2) is 4.98 Å². The normalized spacial score (nSPS) is 15.8. The number of pyridine rings is 1. The summed E-state index contributed by atoms with van der Waals surface area (Å²) in [6, 6.07) is 14.8. The summed E-state index contributed by atoms with van der Waals surface area (Å²) in [4.78, 5) is 23.8. The first-order valence-corrected chi connectivity index (χ1v) is 9.50. The molecule has 3 aromatic rings. The van der Waals surface area contributed by atoms with E-state index in [0.717, 1.165) is 11.1 Å². The summed E-state index contributed by atoms with van der Waals surface area (Å²) in [5, 5.41) is 13.2. The molecule has 0 spiro atoms. The molecule has 29 heavy (non-hydrogen) atoms. The Morgan fingerprint density at radius 2 is 1.86 bits per heavy atom. The van der Waals surface area contributed by atoms with Gasteiger partial charge in [-0.05, 0) is 12.1 Å². The highest BCUT2D eigenvalue weighted by Crippen LogP contribution is 2.30. The smallest absolute Gasteiger partial charge is 0.255 e. The molecule has 148 valence electrons. The van der Waals surface area contributed by atoms with Crippen LogP contribution in [-0.2, 0) is 6.54 Å². The fourth-order valence-electron chi connectivity index (χ4n) is 3.74. The zero-order valence-electron chi connectivity index (χ0n) is 16.5. The van der Waals surface area contributed by atoms with Crippen molar-refractivity contribution in [1.82, 2.24) is 14.5 Å². The van der Waals surface area contributed by atoms with E-state index in [1.165, 1.54) is 0 Å². The zero-order chi connectivity index (χ0) is 20.4. The number of aromatic nitrogens is 3. The number of anilines is 1. The first-order valence-electron chi connectivity index (χ1n) is 9.50. The van der Waals surface area contributed by atoms with Crippen molar-refractivity contribution in [2.24, 2.45) is 10.6 Å². The van der Waals surface area contributed by atoms with Gasteiger partial charge < -0.3 is 10.1 Å². The van der Waals surface area contributed by atoms with Crippen LogP contribution in [0.25, 0.3) is 11.3 Å². The Bertz CT molecular complexity index is 1090. The van der Waals surface area contributed by atoms with Gasteiger partial charge in [0.1, 0.15) is 5.71 Å². The number of rotatable bonds is 4. The van der Waals surface area contributed by atoms with Crippen LogP contribution in [0.4, 0.5) is 5.95 Å². The summed E-state index contributed by atoms with van der Waals surface area (Å²) < 4.78 is 1.70. The predicted octanol–water partition coefficient (Wildman–Crippen LogP) is 3.03. The van der Waals surface area contributed by atoms with Crippen molar-refractivity contribution in [2.75, 3.05) is 18.0 Å². The van der Waals surface area contributed by atoms with E-state index in [9.17, 15) is 10.0 Å². The minimum absolute atomic E-state index is 0.0956. The van der Waals surface area contributed by atoms with Crippen LogP contribution in [0.15, 0.2) is 70.9 Å². The molecule has 0 unspecified atom stereocenters. The van der Waals surface area contributed by atoms with Crippen molar-refractivity contribution in [2.45, 2.75) is 20.4 Å². The van der Waals surface area contributed by atoms with Crippen LogP contribution in [0, 0.1) is 5.41 Å². The second-order valence-electron chi connectivity index (χ2n) is 8.03. The van der Waals surface area contributed by atoms with Crippen molar-refractivity contribution < 1.29 is 5.21 Å². The third-order valence-corrected chi connectivity index (χ3v) is 5.02. The van der Waals surface area contributed by atoms with Crippen LogP contribution >= 0.6 is 0 Å². The van der Waals surface area contributed by atoms with Gasteiger partial charge in [-0.1, -0.05) is 49.3 Å². The molecular weight excluding hydrogens is 366 g/mol. The molecule has 3 heterocycles. The average molecular weight is 389 g/mol. The lowest BCUT2D eigenvalue weighted by Crippen LogP contribution is -2.49. The third-order valence-electron chi connectivity index (χ3n) is 5.02. The summed E-state index contributed by atoms with van der Waals surface area (Å²) >= 11 is 0. The van der Waals surface area contributed by atoms with Gasteiger partial charge in [0.15, 0.2) is 0 Å². The molecule has 4 rings (SSSR count). The van der Waals surface area contributed by atoms with Crippen molar-refractivity contribution >= 4 is 11.7 Å². The molecule has 0 aliphatic carbocycles. The van der Waals surface area contributed by atoms with Gasteiger partial charge in [0.25, 0.3) is 5.56 Å². The third kappa shape index (κ3) is 3.89. The van der Waals surface area contributed by atoms with Gasteiger partial charge in [-0.3, -0.25) is 14.3 Å². The molecule has 7 heteroatoms. The molecule has 2 aromatic heterocycles. The van der Waals surface area contributed by atoms with Gasteiger partial charge in [-0.2, -0.15) is 0 Å². The monoisotopic (exact) mass is 389 g/mol. The number of nitrogens with zero attached hydrogens (tertiary/aromatic N) is 5. The second-order valence-corrected chi connectivity index (χ2v) is 8.03. The number of oxime groups is 1. The largest absolute Gasteiger partial charge is 0.411 e. The SMILES string of the molecule is CC1(C)CN(C/C(=N/O)c2ccccc2)c2nc(-c3ccncc3)cc(=O)n2C1. The quantitative estimate of drug-likeness (QED) is 0.421. The second kappa shape index (κ2) is 7.50. The number of hydrogen-bond donors (Lipinski definition) is 1. The highest BCUT2D eigenvalue weighted by molar-refractivity contribution is 6.03. The molecule has 0 atom stereocenters. The minimum atomic E-state index is -0.131. The summed E-state index contributed by atoms with van der Waals surface area (Å²) in [6.07, 6.45) is 3.36. The topological polar surface area (TPSA) is 83.6 Å². The van der Waals surface area contributed by atoms with E-state index in [1.54, 1.807) is 23.0 Å². The van der Waals surface area contributed by atoms with E-state index in [1.807, 2.05) is 47.4 Å². The molecule has 1 aromatic carbocycles. The fraction of sp³-hybridized carbons (Fsp3) is 0.273. The molecule has 0 bridgehead atoms. The van der Waals surface area contributed by atoms with E-state index in [-0.39, 0.29) is 11.0 Å². The fourth-order valence-corrected chi connectivity index (χ4v) is 3.74. The summed E-state index contributed by atoms with van der Waals surface area (Å²) in [6.45, 7) is 5.84. The van der Waals surface area contributed by atoms with Crippen LogP contribution in [0.1, 0.15) is 19.4 Å². The van der Waals surface area contributed by atoms with Crippen LogP contribution in [0.5, 0.6) is 0 Å². The van der Waals surface area contributed by atoms with Gasteiger partial charge in [0, 0.05) is 48.1 Å². The molecule has 1 N–H and O–H groups in total. The van der Waals surface area contributed by atoms with Crippen molar-refractivity contribution in [3.63, 3.8) is 0 Å². The highest BCUT2D eigenvalue weighted by atomic mass is 16.4. The Kier molecular flexibility index (Phi) is 4.88. The van der Waals surface area contributed by atoms with Gasteiger partial charge >= 0.3 is 0 Å². The van der Waals surface area contributed by atoms with E-state index in [4.69, 9.17) is 4.98 Å². The Balaban J connectivity index is 1.78. The van der Waals surface area contributed by atoms with Crippen molar-refractivity contribution in [3.8, 4) is 11.3 Å². The molecule has 1 aliphatic rings. The van der Waals surface area contributed by atoms with Gasteiger partial charge in [0.05, 0.1) is 12.2 Å². The predicted molar refractivity (Wildman–Crippen MR) is 112 cm³/mol. The lowest BCUT2D eigenvalue weighted by Gasteiger charge is -2.40. The number of benzene rings is 1. The Morgan fingerprint density at radius 1 is 1.14 bits per heavy atom. The zero-order valence-corrected chi connectivity index (χ0v) is 16.5. The molecule has 0 radical (unpaired) electrons. The van der Waals surface area contributed by atoms with Crippen LogP contribution < -0.4 is 10.5 Å². The molecule has 7 nitrogen and oxygen atoms in total. The lowest BCUT2D eigenvalue weighted by atomic mass is 9.90. The molecule has 0 saturated heterocycles. The maximum atomic E-state index is 12.9. The maximum absolute atomic E-state index is 12.9. The summed E-state index contributed by atoms with van der Waals surface area (Å²) in [5.74, 6) is 0.584. The number of hydrogen-bond acceptors (Lipinski definition) is 6. The molecule has 0 saturated carbocycles. The van der Waals surface area contributed by atoms with Gasteiger partial charge in [0.2, 0.25) is 5.95 Å². The average Bonchev–Trinajstić information content (AvgIpc) is 2.73. The molecule has 0 fully saturated rings. The Hall–Kier alpha value is -3.48. The van der Waals surface area contributed by atoms with E-state index in [0.29, 0.717) is 37.0 Å². The molecule has 1 aliphatic heterocycles. The molecule has 0 amide bonds. The lowest BCUT2D eigenvalue weighted by molar-refractivity contribution is 0.277. The summed E-state index contributed by atoms with van der Waals surface area (Å²) in [5.41, 5.74) is 2.58. The first-order chi connectivity index (χ1) is 14.0. The standard InChI is InChI=1S/C22H23N5O2/c1-22(2)14-26(13-19(25-29)16-6-4-3-5-7-16)21-24-18(12-20(28)27(21)15-22)17-8-10-23-11-9-17/h3-12,29H,13-15H2,1-2H3/b25-19-. The Labute approximate surface area is 169 Å². The first kappa shape index (κ1) is 18.9. The van der Waals surface area contributed by atoms with E-state index >= 15 is 0 Å². The Morgan fingerprint density at radius 3 is 2.55 bits per heavy atom. The number of fused-ring (bicyclic) bond motifs is 1. The van der Waals surface area contributed by atoms with E-state index in [2.05, 4.69) is 24.0 Å². The van der Waals surface area contributed by atoms with Gasteiger partial charge in [-0.15, -0.1) is 0 Å². The van der Waals surface area contributed by atoms with E-state index < -0.39 is 0 Å².